The van der Waals surface area contributed by atoms with Crippen molar-refractivity contribution in [2.24, 2.45) is 0 Å². The fraction of sp³-hybridized carbons (Fsp3) is 0.294. The highest BCUT2D eigenvalue weighted by molar-refractivity contribution is 6.17. The van der Waals surface area contributed by atoms with E-state index in [1.165, 1.54) is 0 Å². The monoisotopic (exact) mass is 290 g/mol. The topological polar surface area (TPSA) is 29.5 Å². The molecule has 0 radical (unpaired) electrons. The standard InChI is InChI=1S/C17H19ClO2/c1-13-12-15(20-2)8-9-16(13)17(19,10-11-18)14-6-4-3-5-7-14/h3-9,12,19H,10-11H2,1-2H3. The van der Waals surface area contributed by atoms with Gasteiger partial charge < -0.3 is 9.84 Å². The number of aryl methyl sites for hydroxylation is 1. The molecule has 0 aliphatic carbocycles. The van der Waals surface area contributed by atoms with Crippen molar-refractivity contribution < 1.29 is 9.84 Å². The minimum atomic E-state index is -1.07. The second-order valence-electron chi connectivity index (χ2n) is 4.85. The van der Waals surface area contributed by atoms with Crippen molar-refractivity contribution in [3.05, 3.63) is 65.2 Å². The Kier molecular flexibility index (Phi) is 4.69. The summed E-state index contributed by atoms with van der Waals surface area (Å²) in [6.07, 6.45) is 0.464. The van der Waals surface area contributed by atoms with E-state index in [2.05, 4.69) is 0 Å². The molecule has 1 unspecified atom stereocenters. The third-order valence-electron chi connectivity index (χ3n) is 3.59. The Morgan fingerprint density at radius 2 is 1.85 bits per heavy atom. The van der Waals surface area contributed by atoms with E-state index in [0.29, 0.717) is 12.3 Å². The fourth-order valence-corrected chi connectivity index (χ4v) is 2.79. The van der Waals surface area contributed by atoms with Crippen LogP contribution in [0, 0.1) is 6.92 Å². The average Bonchev–Trinajstić information content (AvgIpc) is 2.48. The van der Waals surface area contributed by atoms with Gasteiger partial charge in [-0.15, -0.1) is 11.6 Å². The van der Waals surface area contributed by atoms with E-state index in [9.17, 15) is 5.11 Å². The molecule has 0 heterocycles. The Hall–Kier alpha value is -1.51. The molecule has 106 valence electrons. The van der Waals surface area contributed by atoms with Gasteiger partial charge in [0.15, 0.2) is 0 Å². The minimum Gasteiger partial charge on any atom is -0.497 e. The van der Waals surface area contributed by atoms with E-state index in [4.69, 9.17) is 16.3 Å². The first-order valence-corrected chi connectivity index (χ1v) is 7.14. The normalized spacial score (nSPS) is 13.8. The highest BCUT2D eigenvalue weighted by Crippen LogP contribution is 2.36. The minimum absolute atomic E-state index is 0.386. The largest absolute Gasteiger partial charge is 0.497 e. The smallest absolute Gasteiger partial charge is 0.119 e. The summed E-state index contributed by atoms with van der Waals surface area (Å²) >= 11 is 5.91. The lowest BCUT2D eigenvalue weighted by atomic mass is 9.82. The van der Waals surface area contributed by atoms with Gasteiger partial charge in [0.1, 0.15) is 11.4 Å². The molecule has 2 nitrogen and oxygen atoms in total. The molecule has 0 saturated carbocycles. The van der Waals surface area contributed by atoms with Gasteiger partial charge in [-0.25, -0.2) is 0 Å². The summed E-state index contributed by atoms with van der Waals surface area (Å²) in [4.78, 5) is 0. The summed E-state index contributed by atoms with van der Waals surface area (Å²) in [6.45, 7) is 1.97. The van der Waals surface area contributed by atoms with Gasteiger partial charge in [0, 0.05) is 5.88 Å². The molecule has 0 fully saturated rings. The van der Waals surface area contributed by atoms with E-state index in [-0.39, 0.29) is 0 Å². The van der Waals surface area contributed by atoms with Crippen LogP contribution >= 0.6 is 11.6 Å². The van der Waals surface area contributed by atoms with Gasteiger partial charge in [-0.05, 0) is 42.2 Å². The molecule has 2 rings (SSSR count). The molecule has 2 aromatic rings. The predicted molar refractivity (Wildman–Crippen MR) is 82.5 cm³/mol. The summed E-state index contributed by atoms with van der Waals surface area (Å²) in [6, 6.07) is 15.3. The third-order valence-corrected chi connectivity index (χ3v) is 3.78. The lowest BCUT2D eigenvalue weighted by molar-refractivity contribution is 0.0768. The summed E-state index contributed by atoms with van der Waals surface area (Å²) in [5, 5.41) is 11.2. The van der Waals surface area contributed by atoms with Crippen molar-refractivity contribution in [2.75, 3.05) is 13.0 Å². The van der Waals surface area contributed by atoms with Gasteiger partial charge >= 0.3 is 0 Å². The summed E-state index contributed by atoms with van der Waals surface area (Å²) in [5.74, 6) is 1.17. The van der Waals surface area contributed by atoms with Gasteiger partial charge in [0.05, 0.1) is 7.11 Å². The Balaban J connectivity index is 2.53. The molecular formula is C17H19ClO2. The number of halogens is 1. The SMILES string of the molecule is COc1ccc(C(O)(CCCl)c2ccccc2)c(C)c1. The van der Waals surface area contributed by atoms with E-state index in [1.807, 2.05) is 55.5 Å². The number of methoxy groups -OCH3 is 1. The number of ether oxygens (including phenoxy) is 1. The number of hydrogen-bond donors (Lipinski definition) is 1. The van der Waals surface area contributed by atoms with E-state index >= 15 is 0 Å². The zero-order valence-electron chi connectivity index (χ0n) is 11.8. The molecule has 1 atom stereocenters. The van der Waals surface area contributed by atoms with Crippen LogP contribution in [-0.4, -0.2) is 18.1 Å². The van der Waals surface area contributed by atoms with E-state index < -0.39 is 5.60 Å². The molecule has 0 aliphatic heterocycles. The highest BCUT2D eigenvalue weighted by Gasteiger charge is 2.32. The highest BCUT2D eigenvalue weighted by atomic mass is 35.5. The van der Waals surface area contributed by atoms with Crippen LogP contribution in [0.15, 0.2) is 48.5 Å². The van der Waals surface area contributed by atoms with Crippen LogP contribution in [0.2, 0.25) is 0 Å². The van der Waals surface area contributed by atoms with Crippen molar-refractivity contribution in [2.45, 2.75) is 18.9 Å². The Morgan fingerprint density at radius 1 is 1.15 bits per heavy atom. The van der Waals surface area contributed by atoms with Gasteiger partial charge in [0.2, 0.25) is 0 Å². The van der Waals surface area contributed by atoms with Crippen molar-refractivity contribution >= 4 is 11.6 Å². The number of hydrogen-bond acceptors (Lipinski definition) is 2. The first kappa shape index (κ1) is 14.9. The number of rotatable bonds is 5. The maximum Gasteiger partial charge on any atom is 0.119 e. The van der Waals surface area contributed by atoms with Crippen LogP contribution in [0.1, 0.15) is 23.1 Å². The fourth-order valence-electron chi connectivity index (χ4n) is 2.51. The predicted octanol–water partition coefficient (Wildman–Crippen LogP) is 3.87. The molecule has 0 aliphatic rings. The van der Waals surface area contributed by atoms with Crippen LogP contribution < -0.4 is 4.74 Å². The first-order valence-electron chi connectivity index (χ1n) is 6.61. The summed E-state index contributed by atoms with van der Waals surface area (Å²) < 4.78 is 5.22. The maximum absolute atomic E-state index is 11.2. The molecule has 0 spiro atoms. The van der Waals surface area contributed by atoms with Gasteiger partial charge in [-0.3, -0.25) is 0 Å². The summed E-state index contributed by atoms with van der Waals surface area (Å²) in [7, 11) is 1.64. The molecule has 0 aromatic heterocycles. The lowest BCUT2D eigenvalue weighted by Crippen LogP contribution is -2.28. The number of aliphatic hydroxyl groups is 1. The van der Waals surface area contributed by atoms with E-state index in [0.717, 1.165) is 22.4 Å². The average molecular weight is 291 g/mol. The molecular weight excluding hydrogens is 272 g/mol. The van der Waals surface area contributed by atoms with Crippen molar-refractivity contribution in [1.29, 1.82) is 0 Å². The molecule has 0 amide bonds. The van der Waals surface area contributed by atoms with Crippen molar-refractivity contribution in [3.63, 3.8) is 0 Å². The molecule has 1 N–H and O–H groups in total. The van der Waals surface area contributed by atoms with Gasteiger partial charge in [0.25, 0.3) is 0 Å². The lowest BCUT2D eigenvalue weighted by Gasteiger charge is -2.30. The Bertz CT molecular complexity index is 568. The van der Waals surface area contributed by atoms with Crippen LogP contribution in [0.25, 0.3) is 0 Å². The van der Waals surface area contributed by atoms with Crippen molar-refractivity contribution in [3.8, 4) is 5.75 Å². The third kappa shape index (κ3) is 2.82. The zero-order valence-corrected chi connectivity index (χ0v) is 12.5. The van der Waals surface area contributed by atoms with Crippen LogP contribution in [0.4, 0.5) is 0 Å². The van der Waals surface area contributed by atoms with E-state index in [1.54, 1.807) is 7.11 Å². The quantitative estimate of drug-likeness (QED) is 0.847. The number of benzene rings is 2. The number of alkyl halides is 1. The van der Waals surface area contributed by atoms with Crippen LogP contribution in [0.3, 0.4) is 0 Å². The molecule has 20 heavy (non-hydrogen) atoms. The maximum atomic E-state index is 11.2. The molecule has 0 saturated heterocycles. The summed E-state index contributed by atoms with van der Waals surface area (Å²) in [5.41, 5.74) is 1.64. The first-order chi connectivity index (χ1) is 9.61. The Morgan fingerprint density at radius 3 is 2.40 bits per heavy atom. The molecule has 0 bridgehead atoms. The van der Waals surface area contributed by atoms with Crippen LogP contribution in [-0.2, 0) is 5.60 Å². The van der Waals surface area contributed by atoms with Crippen molar-refractivity contribution in [1.82, 2.24) is 0 Å². The van der Waals surface area contributed by atoms with Gasteiger partial charge in [-0.1, -0.05) is 36.4 Å². The Labute approximate surface area is 125 Å². The second-order valence-corrected chi connectivity index (χ2v) is 5.22. The van der Waals surface area contributed by atoms with Gasteiger partial charge in [-0.2, -0.15) is 0 Å². The molecule has 2 aromatic carbocycles. The van der Waals surface area contributed by atoms with Crippen LogP contribution in [0.5, 0.6) is 5.75 Å². The second kappa shape index (κ2) is 6.29. The zero-order chi connectivity index (χ0) is 14.6. The molecule has 3 heteroatoms.